The number of ether oxygens (including phenoxy) is 2. The SMILES string of the molecule is CN(C[C@H]1COc2ccccc2O1)C(=O)c1ccc(NCc2ncc[nH]2)nc1. The van der Waals surface area contributed by atoms with Gasteiger partial charge in [-0.2, -0.15) is 0 Å². The van der Waals surface area contributed by atoms with Gasteiger partial charge in [-0.25, -0.2) is 9.97 Å². The van der Waals surface area contributed by atoms with Crippen molar-refractivity contribution in [3.8, 4) is 11.5 Å². The van der Waals surface area contributed by atoms with Gasteiger partial charge in [-0.15, -0.1) is 0 Å². The van der Waals surface area contributed by atoms with E-state index in [1.807, 2.05) is 24.3 Å². The van der Waals surface area contributed by atoms with Crippen LogP contribution in [0.25, 0.3) is 0 Å². The number of nitrogens with zero attached hydrogens (tertiary/aromatic N) is 3. The molecule has 0 fully saturated rings. The molecule has 0 aliphatic carbocycles. The maximum atomic E-state index is 12.7. The molecule has 4 rings (SSSR count). The molecule has 1 aliphatic rings. The number of likely N-dealkylation sites (N-methyl/N-ethyl adjacent to an activating group) is 1. The fourth-order valence-corrected chi connectivity index (χ4v) is 2.96. The van der Waals surface area contributed by atoms with E-state index in [2.05, 4.69) is 20.3 Å². The number of imidazole rings is 1. The van der Waals surface area contributed by atoms with Crippen molar-refractivity contribution in [2.24, 2.45) is 0 Å². The molecule has 2 aromatic heterocycles. The van der Waals surface area contributed by atoms with Gasteiger partial charge in [0.1, 0.15) is 18.2 Å². The monoisotopic (exact) mass is 379 g/mol. The number of anilines is 1. The van der Waals surface area contributed by atoms with E-state index in [1.54, 1.807) is 42.7 Å². The fraction of sp³-hybridized carbons (Fsp3) is 0.250. The first-order chi connectivity index (χ1) is 13.7. The van der Waals surface area contributed by atoms with Crippen LogP contribution in [0.3, 0.4) is 0 Å². The molecule has 144 valence electrons. The molecule has 8 nitrogen and oxygen atoms in total. The van der Waals surface area contributed by atoms with E-state index in [9.17, 15) is 4.79 Å². The van der Waals surface area contributed by atoms with Crippen molar-refractivity contribution in [1.82, 2.24) is 19.9 Å². The van der Waals surface area contributed by atoms with Gasteiger partial charge in [0.15, 0.2) is 17.6 Å². The molecule has 8 heteroatoms. The first kappa shape index (κ1) is 17.8. The molecule has 2 N–H and O–H groups in total. The van der Waals surface area contributed by atoms with Crippen LogP contribution in [0.1, 0.15) is 16.2 Å². The van der Waals surface area contributed by atoms with Gasteiger partial charge in [0.25, 0.3) is 5.91 Å². The Balaban J connectivity index is 1.32. The number of carbonyl (C=O) groups excluding carboxylic acids is 1. The zero-order valence-corrected chi connectivity index (χ0v) is 15.5. The summed E-state index contributed by atoms with van der Waals surface area (Å²) in [6.07, 6.45) is 4.81. The molecule has 1 amide bonds. The van der Waals surface area contributed by atoms with Crippen LogP contribution in [0.5, 0.6) is 11.5 Å². The minimum atomic E-state index is -0.217. The topological polar surface area (TPSA) is 92.4 Å². The first-order valence-corrected chi connectivity index (χ1v) is 9.01. The number of hydrogen-bond donors (Lipinski definition) is 2. The van der Waals surface area contributed by atoms with Crippen molar-refractivity contribution >= 4 is 11.7 Å². The summed E-state index contributed by atoms with van der Waals surface area (Å²) in [6, 6.07) is 11.1. The van der Waals surface area contributed by atoms with Gasteiger partial charge >= 0.3 is 0 Å². The van der Waals surface area contributed by atoms with Gasteiger partial charge in [0.05, 0.1) is 18.7 Å². The summed E-state index contributed by atoms with van der Waals surface area (Å²) in [7, 11) is 1.75. The average molecular weight is 379 g/mol. The van der Waals surface area contributed by atoms with Crippen LogP contribution in [0, 0.1) is 0 Å². The Morgan fingerprint density at radius 1 is 1.25 bits per heavy atom. The Morgan fingerprint density at radius 2 is 2.11 bits per heavy atom. The molecular weight excluding hydrogens is 358 g/mol. The van der Waals surface area contributed by atoms with Crippen LogP contribution in [0.15, 0.2) is 55.0 Å². The average Bonchev–Trinajstić information content (AvgIpc) is 3.26. The first-order valence-electron chi connectivity index (χ1n) is 9.01. The number of rotatable bonds is 6. The number of carbonyl (C=O) groups is 1. The number of hydrogen-bond acceptors (Lipinski definition) is 6. The van der Waals surface area contributed by atoms with Crippen LogP contribution >= 0.6 is 0 Å². The van der Waals surface area contributed by atoms with Gasteiger partial charge in [-0.3, -0.25) is 4.79 Å². The Kier molecular flexibility index (Phi) is 5.09. The summed E-state index contributed by atoms with van der Waals surface area (Å²) in [6.45, 7) is 1.36. The lowest BCUT2D eigenvalue weighted by Crippen LogP contribution is -2.41. The second kappa shape index (κ2) is 7.99. The zero-order chi connectivity index (χ0) is 19.3. The zero-order valence-electron chi connectivity index (χ0n) is 15.5. The highest BCUT2D eigenvalue weighted by atomic mass is 16.6. The Hall–Kier alpha value is -3.55. The van der Waals surface area contributed by atoms with Gasteiger partial charge in [0, 0.05) is 25.6 Å². The minimum absolute atomic E-state index is 0.118. The van der Waals surface area contributed by atoms with Gasteiger partial charge in [-0.1, -0.05) is 12.1 Å². The van der Waals surface area contributed by atoms with E-state index >= 15 is 0 Å². The molecule has 3 heterocycles. The van der Waals surface area contributed by atoms with Crippen LogP contribution in [-0.4, -0.2) is 52.1 Å². The standard InChI is InChI=1S/C20H21N5O3/c1-25(12-15-13-27-16-4-2-3-5-17(16)28-15)20(26)14-6-7-18(23-10-14)24-11-19-21-8-9-22-19/h2-10,15H,11-13H2,1H3,(H,21,22)(H,23,24)/t15-/m0/s1. The summed E-state index contributed by atoms with van der Waals surface area (Å²) < 4.78 is 11.6. The summed E-state index contributed by atoms with van der Waals surface area (Å²) in [5.41, 5.74) is 0.517. The van der Waals surface area contributed by atoms with Gasteiger partial charge < -0.3 is 24.7 Å². The number of nitrogens with one attached hydrogen (secondary N) is 2. The lowest BCUT2D eigenvalue weighted by molar-refractivity contribution is 0.0520. The molecule has 0 unspecified atom stereocenters. The number of benzene rings is 1. The molecule has 0 spiro atoms. The van der Waals surface area contributed by atoms with E-state index in [0.29, 0.717) is 36.8 Å². The van der Waals surface area contributed by atoms with Crippen LogP contribution in [0.4, 0.5) is 5.82 Å². The lowest BCUT2D eigenvalue weighted by atomic mass is 10.2. The van der Waals surface area contributed by atoms with Crippen molar-refractivity contribution in [1.29, 1.82) is 0 Å². The van der Waals surface area contributed by atoms with E-state index in [0.717, 1.165) is 11.6 Å². The Labute approximate surface area is 162 Å². The third kappa shape index (κ3) is 4.06. The molecule has 1 atom stereocenters. The van der Waals surface area contributed by atoms with Crippen molar-refractivity contribution in [3.63, 3.8) is 0 Å². The number of aromatic amines is 1. The summed E-state index contributed by atoms with van der Waals surface area (Å²) >= 11 is 0. The number of fused-ring (bicyclic) bond motifs is 1. The third-order valence-corrected chi connectivity index (χ3v) is 4.39. The second-order valence-corrected chi connectivity index (χ2v) is 6.50. The fourth-order valence-electron chi connectivity index (χ4n) is 2.96. The van der Waals surface area contributed by atoms with Crippen LogP contribution in [-0.2, 0) is 6.54 Å². The number of H-pyrrole nitrogens is 1. The maximum Gasteiger partial charge on any atom is 0.255 e. The van der Waals surface area contributed by atoms with Gasteiger partial charge in [-0.05, 0) is 24.3 Å². The Bertz CT molecular complexity index is 927. The molecule has 0 radical (unpaired) electrons. The van der Waals surface area contributed by atoms with E-state index < -0.39 is 0 Å². The molecule has 0 saturated heterocycles. The predicted octanol–water partition coefficient (Wildman–Crippen LogP) is 2.33. The van der Waals surface area contributed by atoms with Crippen LogP contribution in [0.2, 0.25) is 0 Å². The van der Waals surface area contributed by atoms with E-state index in [4.69, 9.17) is 9.47 Å². The molecule has 28 heavy (non-hydrogen) atoms. The van der Waals surface area contributed by atoms with Crippen LogP contribution < -0.4 is 14.8 Å². The number of pyridine rings is 1. The second-order valence-electron chi connectivity index (χ2n) is 6.50. The molecule has 3 aromatic rings. The molecule has 0 bridgehead atoms. The largest absolute Gasteiger partial charge is 0.486 e. The highest BCUT2D eigenvalue weighted by Gasteiger charge is 2.24. The third-order valence-electron chi connectivity index (χ3n) is 4.39. The number of amides is 1. The van der Waals surface area contributed by atoms with E-state index in [-0.39, 0.29) is 12.0 Å². The highest BCUT2D eigenvalue weighted by molar-refractivity contribution is 5.93. The molecule has 1 aliphatic heterocycles. The molecule has 0 saturated carbocycles. The van der Waals surface area contributed by atoms with Crippen molar-refractivity contribution < 1.29 is 14.3 Å². The lowest BCUT2D eigenvalue weighted by Gasteiger charge is -2.29. The summed E-state index contributed by atoms with van der Waals surface area (Å²) in [5, 5.41) is 3.15. The summed E-state index contributed by atoms with van der Waals surface area (Å²) in [5.74, 6) is 2.81. The van der Waals surface area contributed by atoms with E-state index in [1.165, 1.54) is 0 Å². The van der Waals surface area contributed by atoms with Crippen molar-refractivity contribution in [2.45, 2.75) is 12.6 Å². The quantitative estimate of drug-likeness (QED) is 0.683. The highest BCUT2D eigenvalue weighted by Crippen LogP contribution is 2.31. The normalized spacial score (nSPS) is 15.1. The maximum absolute atomic E-state index is 12.7. The molecule has 1 aromatic carbocycles. The Morgan fingerprint density at radius 3 is 2.86 bits per heavy atom. The number of para-hydroxylation sites is 2. The summed E-state index contributed by atoms with van der Waals surface area (Å²) in [4.78, 5) is 25.7. The number of aromatic nitrogens is 3. The minimum Gasteiger partial charge on any atom is -0.486 e. The van der Waals surface area contributed by atoms with Crippen molar-refractivity contribution in [2.75, 3.05) is 25.5 Å². The van der Waals surface area contributed by atoms with Gasteiger partial charge in [0.2, 0.25) is 0 Å². The smallest absolute Gasteiger partial charge is 0.255 e. The predicted molar refractivity (Wildman–Crippen MR) is 103 cm³/mol. The van der Waals surface area contributed by atoms with Crippen molar-refractivity contribution in [3.05, 3.63) is 66.4 Å². The molecular formula is C20H21N5O3.